The third-order valence-corrected chi connectivity index (χ3v) is 3.58. The van der Waals surface area contributed by atoms with Crippen molar-refractivity contribution in [1.29, 1.82) is 0 Å². The van der Waals surface area contributed by atoms with Crippen LogP contribution in [0.2, 0.25) is 0 Å². The minimum Gasteiger partial charge on any atom is -0.449 e. The van der Waals surface area contributed by atoms with Crippen molar-refractivity contribution < 1.29 is 27.5 Å². The molecule has 29 heavy (non-hydrogen) atoms. The summed E-state index contributed by atoms with van der Waals surface area (Å²) in [5.41, 5.74) is 0.231. The fraction of sp³-hybridized carbons (Fsp3) is 0.300. The summed E-state index contributed by atoms with van der Waals surface area (Å²) < 4.78 is 43.2. The fourth-order valence-electron chi connectivity index (χ4n) is 2.26. The molecule has 0 unspecified atom stereocenters. The zero-order valence-corrected chi connectivity index (χ0v) is 16.0. The number of benzene rings is 2. The highest BCUT2D eigenvalue weighted by molar-refractivity contribution is 5.94. The molecule has 3 N–H and O–H groups in total. The molecule has 6 nitrogen and oxygen atoms in total. The van der Waals surface area contributed by atoms with Crippen LogP contribution in [0.5, 0.6) is 0 Å². The number of alkyl halides is 3. The van der Waals surface area contributed by atoms with Gasteiger partial charge in [0.25, 0.3) is 0 Å². The molecule has 0 atom stereocenters. The van der Waals surface area contributed by atoms with Crippen LogP contribution in [0.3, 0.4) is 0 Å². The van der Waals surface area contributed by atoms with E-state index in [9.17, 15) is 22.8 Å². The first-order chi connectivity index (χ1) is 13.6. The summed E-state index contributed by atoms with van der Waals surface area (Å²) in [6.07, 6.45) is -5.06. The maximum absolute atomic E-state index is 12.7. The van der Waals surface area contributed by atoms with Crippen molar-refractivity contribution in [1.82, 2.24) is 0 Å². The third-order valence-electron chi connectivity index (χ3n) is 3.58. The Kier molecular flexibility index (Phi) is 7.46. The van der Waals surface area contributed by atoms with Gasteiger partial charge in [0.2, 0.25) is 5.91 Å². The van der Waals surface area contributed by atoms with Crippen LogP contribution in [-0.2, 0) is 15.7 Å². The Hall–Kier alpha value is -3.23. The summed E-state index contributed by atoms with van der Waals surface area (Å²) in [4.78, 5) is 23.8. The lowest BCUT2D eigenvalue weighted by Crippen LogP contribution is -2.22. The molecule has 0 aromatic heterocycles. The first-order valence-electron chi connectivity index (χ1n) is 8.88. The van der Waals surface area contributed by atoms with Gasteiger partial charge in [0.1, 0.15) is 0 Å². The number of hydrogen-bond donors (Lipinski definition) is 3. The van der Waals surface area contributed by atoms with Gasteiger partial charge in [0, 0.05) is 17.1 Å². The van der Waals surface area contributed by atoms with E-state index in [1.54, 1.807) is 24.3 Å². The lowest BCUT2D eigenvalue weighted by Gasteiger charge is -2.12. The molecule has 2 rings (SSSR count). The van der Waals surface area contributed by atoms with Gasteiger partial charge in [-0.2, -0.15) is 13.2 Å². The molecule has 0 radical (unpaired) electrons. The Morgan fingerprint density at radius 1 is 0.966 bits per heavy atom. The Labute approximate surface area is 166 Å². The predicted octanol–water partition coefficient (Wildman–Crippen LogP) is 4.96. The van der Waals surface area contributed by atoms with Crippen LogP contribution >= 0.6 is 0 Å². The normalized spacial score (nSPS) is 11.1. The van der Waals surface area contributed by atoms with Crippen molar-refractivity contribution in [2.45, 2.75) is 20.0 Å². The molecule has 0 bridgehead atoms. The van der Waals surface area contributed by atoms with Crippen molar-refractivity contribution in [3.05, 3.63) is 54.1 Å². The van der Waals surface area contributed by atoms with Crippen molar-refractivity contribution in [2.75, 3.05) is 29.1 Å². The number of nitrogens with one attached hydrogen (secondary N) is 3. The lowest BCUT2D eigenvalue weighted by molar-refractivity contribution is -0.137. The SMILES string of the molecule is CC(C)COC(=O)Nc1cccc(NC(=O)CNc2cccc(C(F)(F)F)c2)c1. The standard InChI is InChI=1S/C20H22F3N3O3/c1-13(2)12-29-19(28)26-17-8-4-7-16(10-17)25-18(27)11-24-15-6-3-5-14(9-15)20(21,22)23/h3-10,13,24H,11-12H2,1-2H3,(H,25,27)(H,26,28). The fourth-order valence-corrected chi connectivity index (χ4v) is 2.26. The van der Waals surface area contributed by atoms with Crippen LogP contribution in [0, 0.1) is 5.92 Å². The quantitative estimate of drug-likeness (QED) is 0.604. The van der Waals surface area contributed by atoms with Crippen LogP contribution < -0.4 is 16.0 Å². The Balaban J connectivity index is 1.89. The van der Waals surface area contributed by atoms with Crippen LogP contribution in [0.1, 0.15) is 19.4 Å². The number of ether oxygens (including phenoxy) is 1. The Morgan fingerprint density at radius 3 is 2.24 bits per heavy atom. The topological polar surface area (TPSA) is 79.5 Å². The van der Waals surface area contributed by atoms with E-state index in [0.29, 0.717) is 11.4 Å². The van der Waals surface area contributed by atoms with E-state index in [0.717, 1.165) is 12.1 Å². The second kappa shape index (κ2) is 9.81. The second-order valence-corrected chi connectivity index (χ2v) is 6.68. The van der Waals surface area contributed by atoms with Gasteiger partial charge >= 0.3 is 12.3 Å². The summed E-state index contributed by atoms with van der Waals surface area (Å²) in [5, 5.41) is 7.81. The van der Waals surface area contributed by atoms with E-state index in [1.165, 1.54) is 12.1 Å². The molecule has 0 heterocycles. The molecule has 0 aliphatic rings. The Bertz CT molecular complexity index is 854. The average molecular weight is 409 g/mol. The summed E-state index contributed by atoms with van der Waals surface area (Å²) in [6, 6.07) is 11.0. The van der Waals surface area contributed by atoms with Crippen LogP contribution in [0.15, 0.2) is 48.5 Å². The van der Waals surface area contributed by atoms with Gasteiger partial charge in [-0.15, -0.1) is 0 Å². The monoisotopic (exact) mass is 409 g/mol. The van der Waals surface area contributed by atoms with E-state index in [2.05, 4.69) is 16.0 Å². The van der Waals surface area contributed by atoms with Gasteiger partial charge in [-0.1, -0.05) is 26.0 Å². The summed E-state index contributed by atoms with van der Waals surface area (Å²) in [5.74, 6) is -0.252. The van der Waals surface area contributed by atoms with Crippen LogP contribution in [-0.4, -0.2) is 25.2 Å². The molecular weight excluding hydrogens is 387 g/mol. The number of rotatable bonds is 7. The van der Waals surface area contributed by atoms with E-state index in [-0.39, 0.29) is 24.8 Å². The predicted molar refractivity (Wildman–Crippen MR) is 105 cm³/mol. The molecule has 2 aromatic carbocycles. The molecule has 0 aliphatic heterocycles. The largest absolute Gasteiger partial charge is 0.449 e. The van der Waals surface area contributed by atoms with Gasteiger partial charge in [-0.05, 0) is 42.3 Å². The molecule has 0 saturated heterocycles. The van der Waals surface area contributed by atoms with E-state index in [4.69, 9.17) is 4.74 Å². The number of amides is 2. The van der Waals surface area contributed by atoms with E-state index in [1.807, 2.05) is 13.8 Å². The molecule has 0 saturated carbocycles. The molecule has 2 amide bonds. The van der Waals surface area contributed by atoms with Gasteiger partial charge in [0.15, 0.2) is 0 Å². The molecule has 0 aliphatic carbocycles. The minimum absolute atomic E-state index is 0.179. The maximum atomic E-state index is 12.7. The molecule has 0 spiro atoms. The summed E-state index contributed by atoms with van der Waals surface area (Å²) in [6.45, 7) is 3.88. The smallest absolute Gasteiger partial charge is 0.416 e. The molecule has 0 fully saturated rings. The zero-order valence-electron chi connectivity index (χ0n) is 16.0. The first-order valence-corrected chi connectivity index (χ1v) is 8.88. The van der Waals surface area contributed by atoms with E-state index >= 15 is 0 Å². The van der Waals surface area contributed by atoms with Crippen LogP contribution in [0.25, 0.3) is 0 Å². The van der Waals surface area contributed by atoms with Gasteiger partial charge in [-0.25, -0.2) is 4.79 Å². The number of anilines is 3. The summed E-state index contributed by atoms with van der Waals surface area (Å²) in [7, 11) is 0. The highest BCUT2D eigenvalue weighted by atomic mass is 19.4. The van der Waals surface area contributed by atoms with Crippen molar-refractivity contribution in [3.8, 4) is 0 Å². The van der Waals surface area contributed by atoms with Crippen molar-refractivity contribution in [2.24, 2.45) is 5.92 Å². The maximum Gasteiger partial charge on any atom is 0.416 e. The molecule has 2 aromatic rings. The molecule has 9 heteroatoms. The number of carbonyl (C=O) groups is 2. The highest BCUT2D eigenvalue weighted by Gasteiger charge is 2.30. The van der Waals surface area contributed by atoms with Crippen molar-refractivity contribution >= 4 is 29.1 Å². The lowest BCUT2D eigenvalue weighted by atomic mass is 10.2. The summed E-state index contributed by atoms with van der Waals surface area (Å²) >= 11 is 0. The average Bonchev–Trinajstić information content (AvgIpc) is 2.64. The van der Waals surface area contributed by atoms with Gasteiger partial charge in [-0.3, -0.25) is 10.1 Å². The third kappa shape index (κ3) is 7.73. The molecular formula is C20H22F3N3O3. The zero-order chi connectivity index (χ0) is 21.4. The van der Waals surface area contributed by atoms with Gasteiger partial charge < -0.3 is 15.4 Å². The first kappa shape index (κ1) is 22.1. The molecule has 156 valence electrons. The van der Waals surface area contributed by atoms with E-state index < -0.39 is 23.7 Å². The Morgan fingerprint density at radius 2 is 1.59 bits per heavy atom. The minimum atomic E-state index is -4.45. The number of halogens is 3. The number of carbonyl (C=O) groups excluding carboxylic acids is 2. The van der Waals surface area contributed by atoms with Gasteiger partial charge in [0.05, 0.1) is 18.7 Å². The number of hydrogen-bond acceptors (Lipinski definition) is 4. The van der Waals surface area contributed by atoms with Crippen LogP contribution in [0.4, 0.5) is 35.0 Å². The highest BCUT2D eigenvalue weighted by Crippen LogP contribution is 2.30. The second-order valence-electron chi connectivity index (χ2n) is 6.68. The van der Waals surface area contributed by atoms with Crippen molar-refractivity contribution in [3.63, 3.8) is 0 Å².